The first-order valence-corrected chi connectivity index (χ1v) is 11.6. The second-order valence-electron chi connectivity index (χ2n) is 8.17. The molecule has 1 fully saturated rings. The van der Waals surface area contributed by atoms with Crippen molar-refractivity contribution in [2.24, 2.45) is 0 Å². The van der Waals surface area contributed by atoms with Crippen LogP contribution in [0.5, 0.6) is 0 Å². The van der Waals surface area contributed by atoms with Gasteiger partial charge in [-0.05, 0) is 30.6 Å². The predicted octanol–water partition coefficient (Wildman–Crippen LogP) is 3.82. The molecular weight excluding hydrogens is 318 g/mol. The molecule has 1 amide bonds. The molecule has 24 heavy (non-hydrogen) atoms. The minimum atomic E-state index is -1.82. The van der Waals surface area contributed by atoms with Crippen LogP contribution in [0.1, 0.15) is 33.3 Å². The van der Waals surface area contributed by atoms with Gasteiger partial charge in [0.25, 0.3) is 0 Å². The van der Waals surface area contributed by atoms with Gasteiger partial charge in [0.1, 0.15) is 12.7 Å². The van der Waals surface area contributed by atoms with E-state index in [-0.39, 0.29) is 29.7 Å². The minimum absolute atomic E-state index is 0.0104. The van der Waals surface area contributed by atoms with E-state index in [0.29, 0.717) is 13.2 Å². The van der Waals surface area contributed by atoms with Crippen LogP contribution >= 0.6 is 0 Å². The van der Waals surface area contributed by atoms with Gasteiger partial charge in [-0.25, -0.2) is 0 Å². The number of hydrogen-bond donors (Lipinski definition) is 0. The number of hydrogen-bond acceptors (Lipinski definition) is 3. The Morgan fingerprint density at radius 3 is 2.46 bits per heavy atom. The number of carbonyl (C=O) groups is 1. The maximum atomic E-state index is 12.3. The molecule has 2 rings (SSSR count). The van der Waals surface area contributed by atoms with Crippen LogP contribution in [0, 0.1) is 0 Å². The van der Waals surface area contributed by atoms with E-state index >= 15 is 0 Å². The summed E-state index contributed by atoms with van der Waals surface area (Å²) in [6.07, 6.45) is -0.0689. The fraction of sp³-hybridized carbons (Fsp3) is 0.632. The van der Waals surface area contributed by atoms with E-state index in [2.05, 4.69) is 52.9 Å². The molecule has 1 aromatic carbocycles. The maximum absolute atomic E-state index is 12.3. The number of morpholine rings is 1. The van der Waals surface area contributed by atoms with Gasteiger partial charge in [0.15, 0.2) is 8.32 Å². The summed E-state index contributed by atoms with van der Waals surface area (Å²) in [7, 11) is -1.82. The third-order valence-electron chi connectivity index (χ3n) is 5.38. The molecule has 1 heterocycles. The molecule has 0 aliphatic carbocycles. The quantitative estimate of drug-likeness (QED) is 0.759. The van der Waals surface area contributed by atoms with Crippen LogP contribution in [0.4, 0.5) is 0 Å². The Kier molecular flexibility index (Phi) is 5.89. The van der Waals surface area contributed by atoms with Crippen molar-refractivity contribution < 1.29 is 14.0 Å². The molecule has 0 aromatic heterocycles. The fourth-order valence-electron chi connectivity index (χ4n) is 2.53. The van der Waals surface area contributed by atoms with Gasteiger partial charge in [0, 0.05) is 6.54 Å². The van der Waals surface area contributed by atoms with Crippen LogP contribution < -0.4 is 0 Å². The lowest BCUT2D eigenvalue weighted by molar-refractivity contribution is -0.159. The molecule has 4 nitrogen and oxygen atoms in total. The normalized spacial score (nSPS) is 22.8. The monoisotopic (exact) mass is 349 g/mol. The van der Waals surface area contributed by atoms with Gasteiger partial charge in [0.05, 0.1) is 12.6 Å². The zero-order chi connectivity index (χ0) is 18.0. The first-order chi connectivity index (χ1) is 11.1. The Labute approximate surface area is 147 Å². The Morgan fingerprint density at radius 1 is 1.25 bits per heavy atom. The van der Waals surface area contributed by atoms with E-state index < -0.39 is 8.32 Å². The average Bonchev–Trinajstić information content (AvgIpc) is 2.50. The van der Waals surface area contributed by atoms with Crippen molar-refractivity contribution in [3.63, 3.8) is 0 Å². The number of nitrogens with zero attached hydrogens (tertiary/aromatic N) is 1. The van der Waals surface area contributed by atoms with Crippen LogP contribution in [0.2, 0.25) is 18.1 Å². The third-order valence-corrected chi connectivity index (χ3v) is 9.88. The first kappa shape index (κ1) is 19.2. The highest BCUT2D eigenvalue weighted by Gasteiger charge is 2.40. The Balaban J connectivity index is 2.01. The number of carbonyl (C=O) groups excluding carboxylic acids is 1. The Bertz CT molecular complexity index is 553. The molecule has 0 radical (unpaired) electrons. The van der Waals surface area contributed by atoms with E-state index in [1.807, 2.05) is 23.1 Å². The van der Waals surface area contributed by atoms with Crippen molar-refractivity contribution in [2.45, 2.75) is 64.5 Å². The number of benzene rings is 1. The van der Waals surface area contributed by atoms with Gasteiger partial charge in [-0.1, -0.05) is 51.1 Å². The zero-order valence-corrected chi connectivity index (χ0v) is 16.8. The highest BCUT2D eigenvalue weighted by atomic mass is 28.4. The highest BCUT2D eigenvalue weighted by Crippen LogP contribution is 2.37. The van der Waals surface area contributed by atoms with Crippen LogP contribution in [-0.2, 0) is 20.5 Å². The topological polar surface area (TPSA) is 38.8 Å². The summed E-state index contributed by atoms with van der Waals surface area (Å²) in [6, 6.07) is 10.1. The Hall–Kier alpha value is -1.17. The molecular formula is C19H31NO3Si. The Morgan fingerprint density at radius 2 is 1.88 bits per heavy atom. The molecule has 1 aliphatic heterocycles. The molecule has 2 atom stereocenters. The molecule has 1 saturated heterocycles. The molecule has 0 unspecified atom stereocenters. The second-order valence-corrected chi connectivity index (χ2v) is 13.0. The van der Waals surface area contributed by atoms with E-state index in [0.717, 1.165) is 5.56 Å². The van der Waals surface area contributed by atoms with Crippen LogP contribution in [-0.4, -0.2) is 44.5 Å². The second kappa shape index (κ2) is 7.38. The van der Waals surface area contributed by atoms with Gasteiger partial charge in [-0.15, -0.1) is 0 Å². The highest BCUT2D eigenvalue weighted by molar-refractivity contribution is 6.74. The van der Waals surface area contributed by atoms with Crippen LogP contribution in [0.15, 0.2) is 30.3 Å². The van der Waals surface area contributed by atoms with Gasteiger partial charge in [-0.3, -0.25) is 4.79 Å². The lowest BCUT2D eigenvalue weighted by Crippen LogP contribution is -2.55. The summed E-state index contributed by atoms with van der Waals surface area (Å²) in [5, 5.41) is 0.171. The van der Waals surface area contributed by atoms with Crippen LogP contribution in [0.3, 0.4) is 0 Å². The minimum Gasteiger partial charge on any atom is -0.414 e. The maximum Gasteiger partial charge on any atom is 0.249 e. The van der Waals surface area contributed by atoms with Gasteiger partial charge < -0.3 is 14.1 Å². The van der Waals surface area contributed by atoms with Gasteiger partial charge in [0.2, 0.25) is 5.91 Å². The molecule has 5 heteroatoms. The number of amides is 1. The van der Waals surface area contributed by atoms with Crippen molar-refractivity contribution in [3.05, 3.63) is 35.9 Å². The van der Waals surface area contributed by atoms with Crippen molar-refractivity contribution >= 4 is 14.2 Å². The standard InChI is InChI=1S/C19H31NO3Si/c1-15-17(13-23-24(5,6)19(2,3)4)22-14-18(21)20(15)12-16-10-8-7-9-11-16/h7-11,15,17H,12-14H2,1-6H3/t15-,17+/m0/s1. The first-order valence-electron chi connectivity index (χ1n) is 8.71. The lowest BCUT2D eigenvalue weighted by Gasteiger charge is -2.42. The smallest absolute Gasteiger partial charge is 0.249 e. The van der Waals surface area contributed by atoms with Gasteiger partial charge in [-0.2, -0.15) is 0 Å². The lowest BCUT2D eigenvalue weighted by atomic mass is 10.1. The SMILES string of the molecule is C[C@H]1[C@@H](CO[Si](C)(C)C(C)(C)C)OCC(=O)N1Cc1ccccc1. The average molecular weight is 350 g/mol. The molecule has 134 valence electrons. The van der Waals surface area contributed by atoms with Crippen LogP contribution in [0.25, 0.3) is 0 Å². The van der Waals surface area contributed by atoms with E-state index in [9.17, 15) is 4.79 Å². The third kappa shape index (κ3) is 4.46. The molecule has 0 bridgehead atoms. The largest absolute Gasteiger partial charge is 0.414 e. The van der Waals surface area contributed by atoms with E-state index in [4.69, 9.17) is 9.16 Å². The fourth-order valence-corrected chi connectivity index (χ4v) is 3.55. The molecule has 1 aliphatic rings. The summed E-state index contributed by atoms with van der Waals surface area (Å²) in [5.74, 6) is 0.0509. The van der Waals surface area contributed by atoms with E-state index in [1.165, 1.54) is 0 Å². The number of rotatable bonds is 5. The summed E-state index contributed by atoms with van der Waals surface area (Å²) < 4.78 is 12.1. The molecule has 0 saturated carbocycles. The molecule has 1 aromatic rings. The van der Waals surface area contributed by atoms with Crippen molar-refractivity contribution in [1.29, 1.82) is 0 Å². The predicted molar refractivity (Wildman–Crippen MR) is 99.3 cm³/mol. The zero-order valence-electron chi connectivity index (χ0n) is 15.8. The number of ether oxygens (including phenoxy) is 1. The van der Waals surface area contributed by atoms with Crippen molar-refractivity contribution in [3.8, 4) is 0 Å². The van der Waals surface area contributed by atoms with E-state index in [1.54, 1.807) is 0 Å². The van der Waals surface area contributed by atoms with Crippen molar-refractivity contribution in [1.82, 2.24) is 4.90 Å². The summed E-state index contributed by atoms with van der Waals surface area (Å²) in [5.41, 5.74) is 1.14. The van der Waals surface area contributed by atoms with Gasteiger partial charge >= 0.3 is 0 Å². The molecule has 0 N–H and O–H groups in total. The van der Waals surface area contributed by atoms with Crippen molar-refractivity contribution in [2.75, 3.05) is 13.2 Å². The molecule has 0 spiro atoms. The summed E-state index contributed by atoms with van der Waals surface area (Å²) in [6.45, 7) is 14.6. The summed E-state index contributed by atoms with van der Waals surface area (Å²) >= 11 is 0. The summed E-state index contributed by atoms with van der Waals surface area (Å²) in [4.78, 5) is 14.2.